The molecule has 0 saturated heterocycles. The first-order chi connectivity index (χ1) is 8.61. The maximum atomic E-state index is 8.94. The third kappa shape index (κ3) is 2.62. The molecule has 0 fully saturated rings. The Bertz CT molecular complexity index is 512. The number of aliphatic hydroxyl groups excluding tert-OH is 1. The normalized spacial score (nSPS) is 11.2. The fourth-order valence-electron chi connectivity index (χ4n) is 1.90. The number of oxazole rings is 1. The lowest BCUT2D eigenvalue weighted by Gasteiger charge is -2.04. The zero-order valence-electron chi connectivity index (χ0n) is 11.1. The zero-order valence-corrected chi connectivity index (χ0v) is 11.1. The number of aliphatic hydroxyl groups is 1. The van der Waals surface area contributed by atoms with Crippen molar-refractivity contribution < 1.29 is 9.52 Å². The SMILES string of the molecule is Cc1oc(-c2ccc(C(C)C)cc2)nc1CCO. The van der Waals surface area contributed by atoms with Gasteiger partial charge in [0.05, 0.1) is 5.69 Å². The summed E-state index contributed by atoms with van der Waals surface area (Å²) in [7, 11) is 0. The van der Waals surface area contributed by atoms with Crippen LogP contribution < -0.4 is 0 Å². The highest BCUT2D eigenvalue weighted by Gasteiger charge is 2.11. The minimum absolute atomic E-state index is 0.0963. The molecule has 0 aliphatic carbocycles. The molecule has 1 N–H and O–H groups in total. The molecule has 0 spiro atoms. The predicted octanol–water partition coefficient (Wildman–Crippen LogP) is 3.31. The van der Waals surface area contributed by atoms with Gasteiger partial charge in [-0.15, -0.1) is 0 Å². The first-order valence-electron chi connectivity index (χ1n) is 6.29. The van der Waals surface area contributed by atoms with Crippen molar-refractivity contribution in [1.82, 2.24) is 4.98 Å². The third-order valence-electron chi connectivity index (χ3n) is 3.07. The highest BCUT2D eigenvalue weighted by Crippen LogP contribution is 2.24. The first-order valence-corrected chi connectivity index (χ1v) is 6.29. The number of nitrogens with zero attached hydrogens (tertiary/aromatic N) is 1. The second-order valence-corrected chi connectivity index (χ2v) is 4.77. The van der Waals surface area contributed by atoms with Crippen molar-refractivity contribution in [2.45, 2.75) is 33.1 Å². The van der Waals surface area contributed by atoms with E-state index in [-0.39, 0.29) is 6.61 Å². The Kier molecular flexibility index (Phi) is 3.82. The van der Waals surface area contributed by atoms with Crippen LogP contribution in [0.3, 0.4) is 0 Å². The molecule has 1 heterocycles. The molecule has 18 heavy (non-hydrogen) atoms. The molecule has 0 aliphatic heterocycles. The van der Waals surface area contributed by atoms with Crippen molar-refractivity contribution in [3.63, 3.8) is 0 Å². The maximum absolute atomic E-state index is 8.94. The molecule has 0 radical (unpaired) electrons. The molecule has 2 rings (SSSR count). The fraction of sp³-hybridized carbons (Fsp3) is 0.400. The van der Waals surface area contributed by atoms with E-state index in [1.165, 1.54) is 5.56 Å². The van der Waals surface area contributed by atoms with E-state index in [9.17, 15) is 0 Å². The van der Waals surface area contributed by atoms with Crippen LogP contribution in [0.4, 0.5) is 0 Å². The molecular weight excluding hydrogens is 226 g/mol. The van der Waals surface area contributed by atoms with E-state index in [0.29, 0.717) is 18.2 Å². The molecular formula is C15H19NO2. The minimum Gasteiger partial charge on any atom is -0.441 e. The number of benzene rings is 1. The molecule has 0 amide bonds. The molecule has 3 nitrogen and oxygen atoms in total. The molecule has 96 valence electrons. The van der Waals surface area contributed by atoms with Gasteiger partial charge in [-0.3, -0.25) is 0 Å². The number of hydrogen-bond acceptors (Lipinski definition) is 3. The number of rotatable bonds is 4. The average Bonchev–Trinajstić information content (AvgIpc) is 2.72. The smallest absolute Gasteiger partial charge is 0.226 e. The summed E-state index contributed by atoms with van der Waals surface area (Å²) in [6.45, 7) is 6.32. The van der Waals surface area contributed by atoms with Crippen LogP contribution in [0.15, 0.2) is 28.7 Å². The van der Waals surface area contributed by atoms with Crippen LogP contribution in [0.25, 0.3) is 11.5 Å². The van der Waals surface area contributed by atoms with Crippen LogP contribution in [-0.2, 0) is 6.42 Å². The standard InChI is InChI=1S/C15H19NO2/c1-10(2)12-4-6-13(7-5-12)15-16-14(8-9-17)11(3)18-15/h4-7,10,17H,8-9H2,1-3H3. The van der Waals surface area contributed by atoms with E-state index >= 15 is 0 Å². The summed E-state index contributed by atoms with van der Waals surface area (Å²) in [4.78, 5) is 4.42. The summed E-state index contributed by atoms with van der Waals surface area (Å²) in [5.41, 5.74) is 3.12. The number of hydrogen-bond donors (Lipinski definition) is 1. The molecule has 1 aromatic heterocycles. The van der Waals surface area contributed by atoms with Crippen molar-refractivity contribution in [2.75, 3.05) is 6.61 Å². The summed E-state index contributed by atoms with van der Waals surface area (Å²) in [5.74, 6) is 1.94. The van der Waals surface area contributed by atoms with Crippen LogP contribution in [0, 0.1) is 6.92 Å². The van der Waals surface area contributed by atoms with Gasteiger partial charge in [-0.05, 0) is 30.5 Å². The van der Waals surface area contributed by atoms with Crippen molar-refractivity contribution >= 4 is 0 Å². The Labute approximate surface area is 107 Å². The van der Waals surface area contributed by atoms with Crippen molar-refractivity contribution in [3.05, 3.63) is 41.3 Å². The van der Waals surface area contributed by atoms with E-state index in [1.54, 1.807) is 0 Å². The minimum atomic E-state index is 0.0963. The Balaban J connectivity index is 2.28. The van der Waals surface area contributed by atoms with Crippen molar-refractivity contribution in [2.24, 2.45) is 0 Å². The molecule has 1 aromatic carbocycles. The van der Waals surface area contributed by atoms with E-state index < -0.39 is 0 Å². The van der Waals surface area contributed by atoms with Crippen molar-refractivity contribution in [3.8, 4) is 11.5 Å². The molecule has 2 aromatic rings. The summed E-state index contributed by atoms with van der Waals surface area (Å²) in [6, 6.07) is 8.27. The van der Waals surface area contributed by atoms with E-state index in [1.807, 2.05) is 19.1 Å². The van der Waals surface area contributed by atoms with Gasteiger partial charge in [0.25, 0.3) is 0 Å². The summed E-state index contributed by atoms with van der Waals surface area (Å²) >= 11 is 0. The van der Waals surface area contributed by atoms with E-state index in [0.717, 1.165) is 17.0 Å². The Hall–Kier alpha value is -1.61. The Morgan fingerprint density at radius 2 is 1.89 bits per heavy atom. The summed E-state index contributed by atoms with van der Waals surface area (Å²) in [6.07, 6.45) is 0.541. The molecule has 0 atom stereocenters. The largest absolute Gasteiger partial charge is 0.441 e. The lowest BCUT2D eigenvalue weighted by molar-refractivity contribution is 0.297. The van der Waals surface area contributed by atoms with Gasteiger partial charge in [-0.25, -0.2) is 4.98 Å². The molecule has 0 bridgehead atoms. The van der Waals surface area contributed by atoms with Gasteiger partial charge in [0.15, 0.2) is 0 Å². The average molecular weight is 245 g/mol. The third-order valence-corrected chi connectivity index (χ3v) is 3.07. The highest BCUT2D eigenvalue weighted by atomic mass is 16.4. The van der Waals surface area contributed by atoms with Gasteiger partial charge >= 0.3 is 0 Å². The molecule has 0 aliphatic rings. The molecule has 3 heteroatoms. The van der Waals surface area contributed by atoms with E-state index in [4.69, 9.17) is 9.52 Å². The fourth-order valence-corrected chi connectivity index (χ4v) is 1.90. The van der Waals surface area contributed by atoms with E-state index in [2.05, 4.69) is 31.0 Å². The second-order valence-electron chi connectivity index (χ2n) is 4.77. The summed E-state index contributed by atoms with van der Waals surface area (Å²) in [5, 5.41) is 8.94. The molecule has 0 unspecified atom stereocenters. The topological polar surface area (TPSA) is 46.3 Å². The first kappa shape index (κ1) is 12.8. The van der Waals surface area contributed by atoms with Crippen molar-refractivity contribution in [1.29, 1.82) is 0 Å². The maximum Gasteiger partial charge on any atom is 0.226 e. The van der Waals surface area contributed by atoms with Crippen LogP contribution in [0.5, 0.6) is 0 Å². The lowest BCUT2D eigenvalue weighted by Crippen LogP contribution is -1.92. The number of aromatic nitrogens is 1. The van der Waals surface area contributed by atoms with Gasteiger partial charge in [0.1, 0.15) is 5.76 Å². The highest BCUT2D eigenvalue weighted by molar-refractivity contribution is 5.54. The number of aryl methyl sites for hydroxylation is 1. The van der Waals surface area contributed by atoms with Gasteiger partial charge in [0.2, 0.25) is 5.89 Å². The van der Waals surface area contributed by atoms with Gasteiger partial charge in [-0.1, -0.05) is 26.0 Å². The molecule has 0 saturated carbocycles. The zero-order chi connectivity index (χ0) is 13.1. The van der Waals surface area contributed by atoms with Crippen LogP contribution in [-0.4, -0.2) is 16.7 Å². The lowest BCUT2D eigenvalue weighted by atomic mass is 10.0. The Morgan fingerprint density at radius 3 is 2.44 bits per heavy atom. The monoisotopic (exact) mass is 245 g/mol. The quantitative estimate of drug-likeness (QED) is 0.898. The van der Waals surface area contributed by atoms with Gasteiger partial charge in [-0.2, -0.15) is 0 Å². The Morgan fingerprint density at radius 1 is 1.22 bits per heavy atom. The van der Waals surface area contributed by atoms with Crippen LogP contribution in [0.1, 0.15) is 36.8 Å². The predicted molar refractivity (Wildman–Crippen MR) is 71.6 cm³/mol. The van der Waals surface area contributed by atoms with Crippen LogP contribution in [0.2, 0.25) is 0 Å². The summed E-state index contributed by atoms with van der Waals surface area (Å²) < 4.78 is 5.63. The second kappa shape index (κ2) is 5.36. The van der Waals surface area contributed by atoms with Gasteiger partial charge < -0.3 is 9.52 Å². The van der Waals surface area contributed by atoms with Crippen LogP contribution >= 0.6 is 0 Å². The van der Waals surface area contributed by atoms with Gasteiger partial charge in [0, 0.05) is 18.6 Å².